The molecule has 2 amide bonds. The number of carbonyl (C=O) groups is 2. The number of fused-ring (bicyclic) bond motifs is 1. The molecule has 2 aromatic carbocycles. The number of nitrogens with zero attached hydrogens (tertiary/aromatic N) is 3. The lowest BCUT2D eigenvalue weighted by molar-refractivity contribution is -0.118. The van der Waals surface area contributed by atoms with Crippen molar-refractivity contribution >= 4 is 28.9 Å². The maximum absolute atomic E-state index is 13.1. The fourth-order valence-corrected chi connectivity index (χ4v) is 3.55. The molecule has 0 saturated carbocycles. The van der Waals surface area contributed by atoms with Gasteiger partial charge in [0.15, 0.2) is 0 Å². The number of aryl methyl sites for hydroxylation is 2. The van der Waals surface area contributed by atoms with Crippen LogP contribution in [0.5, 0.6) is 0 Å². The second-order valence-corrected chi connectivity index (χ2v) is 6.88. The first kappa shape index (κ1) is 16.5. The summed E-state index contributed by atoms with van der Waals surface area (Å²) in [5.74, 6) is -0.171. The van der Waals surface area contributed by atoms with E-state index in [9.17, 15) is 9.59 Å². The summed E-state index contributed by atoms with van der Waals surface area (Å²) in [5.41, 5.74) is 5.35. The van der Waals surface area contributed by atoms with Crippen molar-refractivity contribution in [3.63, 3.8) is 0 Å². The highest BCUT2D eigenvalue weighted by Gasteiger charge is 2.32. The molecule has 0 N–H and O–H groups in total. The van der Waals surface area contributed by atoms with Gasteiger partial charge in [-0.15, -0.1) is 0 Å². The van der Waals surface area contributed by atoms with Crippen LogP contribution in [0.3, 0.4) is 0 Å². The fourth-order valence-electron chi connectivity index (χ4n) is 3.55. The summed E-state index contributed by atoms with van der Waals surface area (Å²) in [5, 5.41) is 5.87. The topological polar surface area (TPSA) is 53.0 Å². The molecule has 0 spiro atoms. The Bertz CT molecular complexity index is 933. The van der Waals surface area contributed by atoms with Crippen LogP contribution in [-0.4, -0.2) is 24.1 Å². The van der Waals surface area contributed by atoms with Crippen molar-refractivity contribution in [2.75, 3.05) is 16.5 Å². The molecular formula is C21H21N3O2. The predicted octanol–water partition coefficient (Wildman–Crippen LogP) is 3.38. The molecule has 2 aliphatic rings. The van der Waals surface area contributed by atoms with Crippen LogP contribution in [0.25, 0.3) is 0 Å². The van der Waals surface area contributed by atoms with Crippen LogP contribution in [0.2, 0.25) is 0 Å². The molecule has 2 heterocycles. The first-order valence-corrected chi connectivity index (χ1v) is 8.92. The lowest BCUT2D eigenvalue weighted by Gasteiger charge is -2.26. The average Bonchev–Trinajstić information content (AvgIpc) is 3.08. The van der Waals surface area contributed by atoms with E-state index in [2.05, 4.69) is 11.2 Å². The van der Waals surface area contributed by atoms with E-state index in [0.29, 0.717) is 25.1 Å². The summed E-state index contributed by atoms with van der Waals surface area (Å²) in [6, 6.07) is 13.9. The average molecular weight is 347 g/mol. The smallest absolute Gasteiger partial charge is 0.274 e. The van der Waals surface area contributed by atoms with Gasteiger partial charge in [-0.1, -0.05) is 30.3 Å². The second-order valence-electron chi connectivity index (χ2n) is 6.88. The lowest BCUT2D eigenvalue weighted by Crippen LogP contribution is -2.41. The minimum atomic E-state index is -0.0993. The third-order valence-electron chi connectivity index (χ3n) is 5.00. The van der Waals surface area contributed by atoms with Gasteiger partial charge >= 0.3 is 0 Å². The van der Waals surface area contributed by atoms with Gasteiger partial charge in [-0.3, -0.25) is 9.59 Å². The maximum Gasteiger partial charge on any atom is 0.274 e. The number of benzene rings is 2. The third kappa shape index (κ3) is 2.79. The Kier molecular flexibility index (Phi) is 4.07. The molecule has 132 valence electrons. The second kappa shape index (κ2) is 6.41. The number of para-hydroxylation sites is 1. The Balaban J connectivity index is 1.68. The van der Waals surface area contributed by atoms with Gasteiger partial charge in [-0.25, -0.2) is 5.01 Å². The summed E-state index contributed by atoms with van der Waals surface area (Å²) in [6.07, 6.45) is 1.54. The van der Waals surface area contributed by atoms with Crippen LogP contribution >= 0.6 is 0 Å². The number of anilines is 2. The molecule has 0 saturated heterocycles. The molecule has 0 bridgehead atoms. The van der Waals surface area contributed by atoms with Gasteiger partial charge in [0.05, 0.1) is 5.69 Å². The molecule has 0 atom stereocenters. The van der Waals surface area contributed by atoms with E-state index in [1.54, 1.807) is 4.90 Å². The molecule has 0 aromatic heterocycles. The quantitative estimate of drug-likeness (QED) is 0.836. The summed E-state index contributed by atoms with van der Waals surface area (Å²) in [4.78, 5) is 27.3. The zero-order chi connectivity index (χ0) is 18.3. The normalized spacial score (nSPS) is 16.5. The van der Waals surface area contributed by atoms with E-state index in [0.717, 1.165) is 28.9 Å². The summed E-state index contributed by atoms with van der Waals surface area (Å²) in [6.45, 7) is 4.59. The Morgan fingerprint density at radius 1 is 1.00 bits per heavy atom. The standard InChI is InChI=1S/C21H21N3O2/c1-14-7-8-15(2)19(13-14)24-20(25)10-9-17(22-24)21(26)23-12-11-16-5-3-4-6-18(16)23/h3-8,13H,9-12H2,1-2H3. The fraction of sp³-hybridized carbons (Fsp3) is 0.286. The van der Waals surface area contributed by atoms with Crippen LogP contribution in [0.1, 0.15) is 29.5 Å². The highest BCUT2D eigenvalue weighted by Crippen LogP contribution is 2.30. The molecule has 2 aromatic rings. The zero-order valence-electron chi connectivity index (χ0n) is 15.0. The van der Waals surface area contributed by atoms with E-state index in [1.807, 2.05) is 50.2 Å². The van der Waals surface area contributed by atoms with Crippen LogP contribution in [-0.2, 0) is 16.0 Å². The minimum Gasteiger partial charge on any atom is -0.307 e. The summed E-state index contributed by atoms with van der Waals surface area (Å²) in [7, 11) is 0. The van der Waals surface area contributed by atoms with Gasteiger partial charge in [0.25, 0.3) is 5.91 Å². The number of hydrogen-bond donors (Lipinski definition) is 0. The van der Waals surface area contributed by atoms with Crippen molar-refractivity contribution in [1.82, 2.24) is 0 Å². The van der Waals surface area contributed by atoms with Gasteiger partial charge in [0.2, 0.25) is 5.91 Å². The molecule has 2 aliphatic heterocycles. The molecule has 4 rings (SSSR count). The zero-order valence-corrected chi connectivity index (χ0v) is 15.0. The Morgan fingerprint density at radius 3 is 2.65 bits per heavy atom. The number of hydrogen-bond acceptors (Lipinski definition) is 3. The number of hydrazone groups is 1. The van der Waals surface area contributed by atoms with Gasteiger partial charge < -0.3 is 4.90 Å². The predicted molar refractivity (Wildman–Crippen MR) is 103 cm³/mol. The molecule has 0 fully saturated rings. The number of carbonyl (C=O) groups excluding carboxylic acids is 2. The maximum atomic E-state index is 13.1. The van der Waals surface area contributed by atoms with E-state index in [4.69, 9.17) is 0 Å². The van der Waals surface area contributed by atoms with Crippen LogP contribution in [0.15, 0.2) is 47.6 Å². The van der Waals surface area contributed by atoms with Crippen molar-refractivity contribution < 1.29 is 9.59 Å². The number of amides is 2. The van der Waals surface area contributed by atoms with Crippen molar-refractivity contribution in [3.05, 3.63) is 59.2 Å². The van der Waals surface area contributed by atoms with Crippen LogP contribution in [0.4, 0.5) is 11.4 Å². The minimum absolute atomic E-state index is 0.0722. The third-order valence-corrected chi connectivity index (χ3v) is 5.00. The monoisotopic (exact) mass is 347 g/mol. The largest absolute Gasteiger partial charge is 0.307 e. The van der Waals surface area contributed by atoms with Crippen LogP contribution in [0, 0.1) is 13.8 Å². The highest BCUT2D eigenvalue weighted by molar-refractivity contribution is 6.45. The van der Waals surface area contributed by atoms with Crippen molar-refractivity contribution in [2.45, 2.75) is 33.1 Å². The molecule has 26 heavy (non-hydrogen) atoms. The summed E-state index contributed by atoms with van der Waals surface area (Å²) < 4.78 is 0. The Hall–Kier alpha value is -2.95. The lowest BCUT2D eigenvalue weighted by atomic mass is 10.1. The SMILES string of the molecule is Cc1ccc(C)c(N2N=C(C(=O)N3CCc4ccccc43)CCC2=O)c1. The molecule has 0 aliphatic carbocycles. The van der Waals surface area contributed by atoms with Gasteiger partial charge in [-0.05, 0) is 49.1 Å². The highest BCUT2D eigenvalue weighted by atomic mass is 16.2. The van der Waals surface area contributed by atoms with Crippen molar-refractivity contribution in [2.24, 2.45) is 5.10 Å². The molecule has 0 unspecified atom stereocenters. The Labute approximate surface area is 152 Å². The first-order chi connectivity index (χ1) is 12.5. The number of rotatable bonds is 2. The molecule has 0 radical (unpaired) electrons. The van der Waals surface area contributed by atoms with Gasteiger partial charge in [0.1, 0.15) is 5.71 Å². The van der Waals surface area contributed by atoms with E-state index >= 15 is 0 Å². The van der Waals surface area contributed by atoms with E-state index in [-0.39, 0.29) is 11.8 Å². The van der Waals surface area contributed by atoms with Crippen LogP contribution < -0.4 is 9.91 Å². The molecule has 5 heteroatoms. The van der Waals surface area contributed by atoms with Crippen molar-refractivity contribution in [3.8, 4) is 0 Å². The van der Waals surface area contributed by atoms with E-state index < -0.39 is 0 Å². The molecule has 5 nitrogen and oxygen atoms in total. The van der Waals surface area contributed by atoms with E-state index in [1.165, 1.54) is 10.6 Å². The molecular weight excluding hydrogens is 326 g/mol. The van der Waals surface area contributed by atoms with Gasteiger partial charge in [-0.2, -0.15) is 5.10 Å². The Morgan fingerprint density at radius 2 is 1.81 bits per heavy atom. The first-order valence-electron chi connectivity index (χ1n) is 8.92. The van der Waals surface area contributed by atoms with Crippen molar-refractivity contribution in [1.29, 1.82) is 0 Å². The summed E-state index contributed by atoms with van der Waals surface area (Å²) >= 11 is 0. The van der Waals surface area contributed by atoms with Gasteiger partial charge in [0, 0.05) is 25.1 Å².